The van der Waals surface area contributed by atoms with Gasteiger partial charge in [0.25, 0.3) is 0 Å². The van der Waals surface area contributed by atoms with Crippen LogP contribution in [0, 0.1) is 5.82 Å². The molecule has 0 fully saturated rings. The topological polar surface area (TPSA) is 38.4 Å². The number of rotatable bonds is 0. The molecule has 2 rings (SSSR count). The summed E-state index contributed by atoms with van der Waals surface area (Å²) in [5.74, 6) is 5.02. The average Bonchev–Trinajstić information content (AvgIpc) is 2.49. The van der Waals surface area contributed by atoms with Gasteiger partial charge < -0.3 is 5.84 Å². The van der Waals surface area contributed by atoms with E-state index in [1.807, 2.05) is 6.07 Å². The van der Waals surface area contributed by atoms with Gasteiger partial charge in [0.15, 0.2) is 0 Å². The van der Waals surface area contributed by atoms with Gasteiger partial charge in [-0.15, -0.1) is 0 Å². The van der Waals surface area contributed by atoms with Crippen LogP contribution in [0.15, 0.2) is 23.3 Å². The number of nitrogens with zero attached hydrogens (tertiary/aromatic N) is 1. The van der Waals surface area contributed by atoms with Crippen LogP contribution in [0.25, 0.3) is 0 Å². The van der Waals surface area contributed by atoms with Crippen molar-refractivity contribution in [3.8, 4) is 0 Å². The quantitative estimate of drug-likeness (QED) is 0.457. The maximum absolute atomic E-state index is 13.1. The van der Waals surface area contributed by atoms with E-state index in [4.69, 9.17) is 5.84 Å². The summed E-state index contributed by atoms with van der Waals surface area (Å²) in [4.78, 5) is 0. The molecule has 1 aromatic carbocycles. The van der Waals surface area contributed by atoms with Crippen molar-refractivity contribution >= 4 is 5.71 Å². The minimum atomic E-state index is -0.147. The smallest absolute Gasteiger partial charge is 0.127 e. The average molecular weight is 164 g/mol. The first-order valence-corrected chi connectivity index (χ1v) is 3.87. The zero-order valence-electron chi connectivity index (χ0n) is 6.55. The third-order valence-corrected chi connectivity index (χ3v) is 2.20. The normalized spacial score (nSPS) is 18.2. The second kappa shape index (κ2) is 2.59. The zero-order chi connectivity index (χ0) is 8.55. The van der Waals surface area contributed by atoms with Gasteiger partial charge >= 0.3 is 0 Å². The molecule has 0 saturated carbocycles. The van der Waals surface area contributed by atoms with Gasteiger partial charge in [-0.2, -0.15) is 5.10 Å². The molecule has 0 unspecified atom stereocenters. The highest BCUT2D eigenvalue weighted by Crippen LogP contribution is 2.24. The molecule has 0 heterocycles. The molecule has 1 aliphatic rings. The fraction of sp³-hybridized carbons (Fsp3) is 0.222. The van der Waals surface area contributed by atoms with Gasteiger partial charge in [0.05, 0.1) is 5.71 Å². The monoisotopic (exact) mass is 164 g/mol. The molecule has 12 heavy (non-hydrogen) atoms. The van der Waals surface area contributed by atoms with Crippen LogP contribution in [0.5, 0.6) is 0 Å². The highest BCUT2D eigenvalue weighted by molar-refractivity contribution is 6.04. The van der Waals surface area contributed by atoms with Gasteiger partial charge in [0.1, 0.15) is 5.82 Å². The van der Waals surface area contributed by atoms with E-state index in [1.54, 1.807) is 6.07 Å². The zero-order valence-corrected chi connectivity index (χ0v) is 6.55. The van der Waals surface area contributed by atoms with Gasteiger partial charge in [-0.25, -0.2) is 4.39 Å². The van der Waals surface area contributed by atoms with Crippen LogP contribution in [0.4, 0.5) is 4.39 Å². The summed E-state index contributed by atoms with van der Waals surface area (Å²) in [5, 5.41) is 3.62. The number of benzene rings is 1. The van der Waals surface area contributed by atoms with Gasteiger partial charge in [-0.05, 0) is 24.5 Å². The molecule has 0 amide bonds. The summed E-state index contributed by atoms with van der Waals surface area (Å²) in [6.07, 6.45) is 1.48. The van der Waals surface area contributed by atoms with Crippen molar-refractivity contribution in [2.45, 2.75) is 12.8 Å². The Balaban J connectivity index is 2.61. The van der Waals surface area contributed by atoms with Crippen LogP contribution in [-0.2, 0) is 6.42 Å². The Labute approximate surface area is 69.9 Å². The van der Waals surface area contributed by atoms with E-state index < -0.39 is 0 Å². The maximum atomic E-state index is 13.1. The number of halogens is 1. The first-order valence-electron chi connectivity index (χ1n) is 3.87. The lowest BCUT2D eigenvalue weighted by Crippen LogP contribution is -1.98. The van der Waals surface area contributed by atoms with Crippen LogP contribution in [0.1, 0.15) is 17.5 Å². The standard InChI is InChI=1S/C9H9FN2/c10-8-3-1-2-7-6(8)4-5-9(7)12-11/h1-3H,4-5,11H2/b12-9+. The lowest BCUT2D eigenvalue weighted by atomic mass is 10.1. The molecule has 0 aromatic heterocycles. The van der Waals surface area contributed by atoms with E-state index in [0.29, 0.717) is 0 Å². The first kappa shape index (κ1) is 7.28. The molecule has 1 aromatic rings. The molecule has 2 N–H and O–H groups in total. The molecule has 2 nitrogen and oxygen atoms in total. The Morgan fingerprint density at radius 1 is 1.33 bits per heavy atom. The van der Waals surface area contributed by atoms with Crippen molar-refractivity contribution in [2.24, 2.45) is 10.9 Å². The Bertz CT molecular complexity index is 344. The number of nitrogens with two attached hydrogens (primary N) is 1. The van der Waals surface area contributed by atoms with Crippen molar-refractivity contribution in [1.29, 1.82) is 0 Å². The number of hydrogen-bond donors (Lipinski definition) is 1. The molecule has 0 spiro atoms. The molecule has 0 bridgehead atoms. The molecule has 1 aliphatic carbocycles. The van der Waals surface area contributed by atoms with Crippen molar-refractivity contribution in [1.82, 2.24) is 0 Å². The molecule has 62 valence electrons. The Morgan fingerprint density at radius 2 is 2.17 bits per heavy atom. The Morgan fingerprint density at radius 3 is 2.92 bits per heavy atom. The summed E-state index contributed by atoms with van der Waals surface area (Å²) in [6, 6.07) is 5.01. The second-order valence-corrected chi connectivity index (χ2v) is 2.84. The first-order chi connectivity index (χ1) is 5.83. The van der Waals surface area contributed by atoms with E-state index in [2.05, 4.69) is 5.10 Å². The Kier molecular flexibility index (Phi) is 1.57. The molecule has 0 radical (unpaired) electrons. The van der Waals surface area contributed by atoms with E-state index in [9.17, 15) is 4.39 Å². The van der Waals surface area contributed by atoms with Crippen molar-refractivity contribution in [3.63, 3.8) is 0 Å². The third-order valence-electron chi connectivity index (χ3n) is 2.20. The fourth-order valence-corrected chi connectivity index (χ4v) is 1.60. The predicted octanol–water partition coefficient (Wildman–Crippen LogP) is 1.43. The summed E-state index contributed by atoms with van der Waals surface area (Å²) in [6.45, 7) is 0. The van der Waals surface area contributed by atoms with Gasteiger partial charge in [0.2, 0.25) is 0 Å². The third kappa shape index (κ3) is 0.897. The predicted molar refractivity (Wildman–Crippen MR) is 45.4 cm³/mol. The number of hydrazone groups is 1. The van der Waals surface area contributed by atoms with Crippen LogP contribution in [0.2, 0.25) is 0 Å². The van der Waals surface area contributed by atoms with Crippen LogP contribution in [-0.4, -0.2) is 5.71 Å². The summed E-state index contributed by atoms with van der Waals surface area (Å²) in [5.41, 5.74) is 2.43. The van der Waals surface area contributed by atoms with Crippen LogP contribution >= 0.6 is 0 Å². The number of hydrogen-bond acceptors (Lipinski definition) is 2. The molecule has 3 heteroatoms. The molecular weight excluding hydrogens is 155 g/mol. The van der Waals surface area contributed by atoms with Crippen LogP contribution in [0.3, 0.4) is 0 Å². The minimum absolute atomic E-state index is 0.147. The highest BCUT2D eigenvalue weighted by atomic mass is 19.1. The van der Waals surface area contributed by atoms with Crippen molar-refractivity contribution in [2.75, 3.05) is 0 Å². The molecule has 0 saturated heterocycles. The maximum Gasteiger partial charge on any atom is 0.127 e. The fourth-order valence-electron chi connectivity index (χ4n) is 1.60. The van der Waals surface area contributed by atoms with Crippen molar-refractivity contribution < 1.29 is 4.39 Å². The van der Waals surface area contributed by atoms with Crippen LogP contribution < -0.4 is 5.84 Å². The van der Waals surface area contributed by atoms with Gasteiger partial charge in [-0.1, -0.05) is 12.1 Å². The lowest BCUT2D eigenvalue weighted by molar-refractivity contribution is 0.613. The van der Waals surface area contributed by atoms with Crippen molar-refractivity contribution in [3.05, 3.63) is 35.1 Å². The van der Waals surface area contributed by atoms with E-state index in [0.717, 1.165) is 29.7 Å². The van der Waals surface area contributed by atoms with E-state index in [1.165, 1.54) is 6.07 Å². The van der Waals surface area contributed by atoms with Gasteiger partial charge in [-0.3, -0.25) is 0 Å². The number of fused-ring (bicyclic) bond motifs is 1. The SMILES string of the molecule is N/N=C1\CCc2c(F)cccc21. The summed E-state index contributed by atoms with van der Waals surface area (Å²) in [7, 11) is 0. The molecular formula is C9H9FN2. The largest absolute Gasteiger partial charge is 0.323 e. The summed E-state index contributed by atoms with van der Waals surface area (Å²) >= 11 is 0. The van der Waals surface area contributed by atoms with Gasteiger partial charge in [0, 0.05) is 5.56 Å². The second-order valence-electron chi connectivity index (χ2n) is 2.84. The minimum Gasteiger partial charge on any atom is -0.323 e. The Hall–Kier alpha value is -1.38. The molecule has 0 aliphatic heterocycles. The van der Waals surface area contributed by atoms with E-state index >= 15 is 0 Å². The highest BCUT2D eigenvalue weighted by Gasteiger charge is 2.19. The summed E-state index contributed by atoms with van der Waals surface area (Å²) < 4.78 is 13.1. The lowest BCUT2D eigenvalue weighted by Gasteiger charge is -1.98. The molecule has 0 atom stereocenters. The van der Waals surface area contributed by atoms with E-state index in [-0.39, 0.29) is 5.82 Å².